The lowest BCUT2D eigenvalue weighted by atomic mass is 10.1. The average molecular weight is 418 g/mol. The SMILES string of the molecule is Cl.Nc1cccc2c(S(=O)(=O)NCc3ccc(Cl)c(Cl)c3)cccc12. The summed E-state index contributed by atoms with van der Waals surface area (Å²) in [4.78, 5) is 0.187. The first-order valence-corrected chi connectivity index (χ1v) is 9.33. The number of halogens is 3. The van der Waals surface area contributed by atoms with E-state index in [1.54, 1.807) is 54.6 Å². The van der Waals surface area contributed by atoms with Gasteiger partial charge in [0.05, 0.1) is 14.9 Å². The molecule has 0 aliphatic carbocycles. The van der Waals surface area contributed by atoms with E-state index >= 15 is 0 Å². The molecule has 3 N–H and O–H groups in total. The van der Waals surface area contributed by atoms with E-state index < -0.39 is 10.0 Å². The molecule has 0 aliphatic heterocycles. The molecule has 0 unspecified atom stereocenters. The molecule has 0 aromatic heterocycles. The van der Waals surface area contributed by atoms with Crippen LogP contribution in [0.4, 0.5) is 5.69 Å². The van der Waals surface area contributed by atoms with Gasteiger partial charge in [-0.25, -0.2) is 13.1 Å². The number of nitrogens with one attached hydrogen (secondary N) is 1. The van der Waals surface area contributed by atoms with Gasteiger partial charge in [-0.2, -0.15) is 0 Å². The maximum absolute atomic E-state index is 12.7. The average Bonchev–Trinajstić information content (AvgIpc) is 2.56. The third kappa shape index (κ3) is 4.19. The van der Waals surface area contributed by atoms with Crippen LogP contribution in [0.1, 0.15) is 5.56 Å². The predicted molar refractivity (Wildman–Crippen MR) is 106 cm³/mol. The van der Waals surface area contributed by atoms with Crippen molar-refractivity contribution in [1.82, 2.24) is 4.72 Å². The highest BCUT2D eigenvalue weighted by molar-refractivity contribution is 7.89. The van der Waals surface area contributed by atoms with Gasteiger partial charge in [0, 0.05) is 23.0 Å². The van der Waals surface area contributed by atoms with Gasteiger partial charge in [0.1, 0.15) is 0 Å². The summed E-state index contributed by atoms with van der Waals surface area (Å²) in [5.74, 6) is 0. The van der Waals surface area contributed by atoms with Crippen LogP contribution in [0.2, 0.25) is 10.0 Å². The van der Waals surface area contributed by atoms with Crippen LogP contribution in [0.5, 0.6) is 0 Å². The number of anilines is 1. The van der Waals surface area contributed by atoms with Gasteiger partial charge in [0.25, 0.3) is 0 Å². The van der Waals surface area contributed by atoms with Crippen LogP contribution in [0.3, 0.4) is 0 Å². The molecule has 4 nitrogen and oxygen atoms in total. The second-order valence-corrected chi connectivity index (χ2v) is 7.82. The minimum atomic E-state index is -3.71. The van der Waals surface area contributed by atoms with Gasteiger partial charge in [-0.1, -0.05) is 53.5 Å². The molecule has 0 saturated heterocycles. The van der Waals surface area contributed by atoms with Crippen LogP contribution in [-0.4, -0.2) is 8.42 Å². The zero-order valence-electron chi connectivity index (χ0n) is 12.9. The van der Waals surface area contributed by atoms with Crippen molar-refractivity contribution in [3.05, 3.63) is 70.2 Å². The van der Waals surface area contributed by atoms with Crippen LogP contribution in [0.25, 0.3) is 10.8 Å². The van der Waals surface area contributed by atoms with Gasteiger partial charge in [-0.05, 0) is 29.8 Å². The molecule has 0 radical (unpaired) electrons. The molecule has 0 heterocycles. The molecule has 3 aromatic carbocycles. The van der Waals surface area contributed by atoms with Crippen molar-refractivity contribution in [2.75, 3.05) is 5.73 Å². The standard InChI is InChI=1S/C17H14Cl2N2O2S.ClH/c18-14-8-7-11(9-15(14)19)10-21-24(22,23)17-6-2-3-12-13(17)4-1-5-16(12)20;/h1-9,21H,10,20H2;1H. The second-order valence-electron chi connectivity index (χ2n) is 5.27. The second kappa shape index (κ2) is 7.81. The molecule has 0 bridgehead atoms. The molecule has 0 amide bonds. The summed E-state index contributed by atoms with van der Waals surface area (Å²) in [6.07, 6.45) is 0. The van der Waals surface area contributed by atoms with E-state index in [0.29, 0.717) is 32.1 Å². The number of benzene rings is 3. The van der Waals surface area contributed by atoms with Gasteiger partial charge >= 0.3 is 0 Å². The first-order valence-electron chi connectivity index (χ1n) is 7.09. The monoisotopic (exact) mass is 416 g/mol. The molecule has 0 fully saturated rings. The van der Waals surface area contributed by atoms with Crippen molar-refractivity contribution in [2.24, 2.45) is 0 Å². The smallest absolute Gasteiger partial charge is 0.241 e. The van der Waals surface area contributed by atoms with Gasteiger partial charge in [-0.15, -0.1) is 12.4 Å². The molecule has 0 aliphatic rings. The summed E-state index contributed by atoms with van der Waals surface area (Å²) in [6, 6.07) is 15.2. The van der Waals surface area contributed by atoms with Gasteiger partial charge in [0.2, 0.25) is 10.0 Å². The molecule has 25 heavy (non-hydrogen) atoms. The van der Waals surface area contributed by atoms with Crippen molar-refractivity contribution in [1.29, 1.82) is 0 Å². The number of hydrogen-bond acceptors (Lipinski definition) is 3. The highest BCUT2D eigenvalue weighted by atomic mass is 35.5. The zero-order chi connectivity index (χ0) is 17.3. The molecular formula is C17H15Cl3N2O2S. The van der Waals surface area contributed by atoms with E-state index in [0.717, 1.165) is 0 Å². The van der Waals surface area contributed by atoms with E-state index in [9.17, 15) is 8.42 Å². The summed E-state index contributed by atoms with van der Waals surface area (Å²) < 4.78 is 27.9. The molecule has 132 valence electrons. The Morgan fingerprint density at radius 2 is 1.60 bits per heavy atom. The minimum Gasteiger partial charge on any atom is -0.398 e. The van der Waals surface area contributed by atoms with Gasteiger partial charge in [0.15, 0.2) is 0 Å². The minimum absolute atomic E-state index is 0. The molecule has 8 heteroatoms. The third-order valence-corrected chi connectivity index (χ3v) is 5.85. The summed E-state index contributed by atoms with van der Waals surface area (Å²) >= 11 is 11.8. The predicted octanol–water partition coefficient (Wildman–Crippen LogP) is 4.63. The number of sulfonamides is 1. The first-order chi connectivity index (χ1) is 11.4. The highest BCUT2D eigenvalue weighted by Crippen LogP contribution is 2.27. The maximum atomic E-state index is 12.7. The Bertz CT molecular complexity index is 1020. The third-order valence-electron chi connectivity index (χ3n) is 3.66. The molecule has 0 spiro atoms. The topological polar surface area (TPSA) is 72.2 Å². The molecule has 3 aromatic rings. The Kier molecular flexibility index (Phi) is 6.19. The van der Waals surface area contributed by atoms with E-state index in [1.807, 2.05) is 0 Å². The quantitative estimate of drug-likeness (QED) is 0.608. The number of nitrogen functional groups attached to an aromatic ring is 1. The Labute approximate surface area is 162 Å². The number of hydrogen-bond donors (Lipinski definition) is 2. The van der Waals surface area contributed by atoms with Crippen molar-refractivity contribution in [2.45, 2.75) is 11.4 Å². The lowest BCUT2D eigenvalue weighted by Crippen LogP contribution is -2.23. The normalized spacial score (nSPS) is 11.3. The van der Waals surface area contributed by atoms with Crippen LogP contribution in [0.15, 0.2) is 59.5 Å². The highest BCUT2D eigenvalue weighted by Gasteiger charge is 2.17. The van der Waals surface area contributed by atoms with E-state index in [4.69, 9.17) is 28.9 Å². The largest absolute Gasteiger partial charge is 0.398 e. The van der Waals surface area contributed by atoms with Gasteiger partial charge in [-0.3, -0.25) is 0 Å². The van der Waals surface area contributed by atoms with Crippen LogP contribution in [0, 0.1) is 0 Å². The van der Waals surface area contributed by atoms with Crippen molar-refractivity contribution in [3.8, 4) is 0 Å². The van der Waals surface area contributed by atoms with Crippen LogP contribution in [-0.2, 0) is 16.6 Å². The molecule has 0 atom stereocenters. The van der Waals surface area contributed by atoms with Crippen LogP contribution < -0.4 is 10.5 Å². The maximum Gasteiger partial charge on any atom is 0.241 e. The zero-order valence-corrected chi connectivity index (χ0v) is 16.0. The molecular weight excluding hydrogens is 403 g/mol. The van der Waals surface area contributed by atoms with E-state index in [1.165, 1.54) is 0 Å². The van der Waals surface area contributed by atoms with E-state index in [-0.39, 0.29) is 23.8 Å². The molecule has 3 rings (SSSR count). The number of rotatable bonds is 4. The number of nitrogens with two attached hydrogens (primary N) is 1. The first kappa shape index (κ1) is 19.8. The van der Waals surface area contributed by atoms with Crippen molar-refractivity contribution < 1.29 is 8.42 Å². The summed E-state index contributed by atoms with van der Waals surface area (Å²) in [5, 5.41) is 2.09. The fraction of sp³-hybridized carbons (Fsp3) is 0.0588. The Morgan fingerprint density at radius 1 is 0.920 bits per heavy atom. The Balaban J connectivity index is 0.00000225. The number of fused-ring (bicyclic) bond motifs is 1. The van der Waals surface area contributed by atoms with Crippen LogP contribution >= 0.6 is 35.6 Å². The molecule has 0 saturated carbocycles. The fourth-order valence-corrected chi connectivity index (χ4v) is 4.00. The lowest BCUT2D eigenvalue weighted by Gasteiger charge is -2.11. The van der Waals surface area contributed by atoms with Crippen molar-refractivity contribution >= 4 is 62.1 Å². The van der Waals surface area contributed by atoms with E-state index in [2.05, 4.69) is 4.72 Å². The van der Waals surface area contributed by atoms with Crippen molar-refractivity contribution in [3.63, 3.8) is 0 Å². The van der Waals surface area contributed by atoms with Gasteiger partial charge < -0.3 is 5.73 Å². The summed E-state index contributed by atoms with van der Waals surface area (Å²) in [5.41, 5.74) is 7.17. The summed E-state index contributed by atoms with van der Waals surface area (Å²) in [6.45, 7) is 0.109. The Hall–Kier alpha value is -1.50. The summed E-state index contributed by atoms with van der Waals surface area (Å²) in [7, 11) is -3.71. The fourth-order valence-electron chi connectivity index (χ4n) is 2.45. The Morgan fingerprint density at radius 3 is 2.32 bits per heavy atom. The lowest BCUT2D eigenvalue weighted by molar-refractivity contribution is 0.582.